The molecule has 0 radical (unpaired) electrons. The van der Waals surface area contributed by atoms with Gasteiger partial charge in [-0.3, -0.25) is 4.98 Å². The summed E-state index contributed by atoms with van der Waals surface area (Å²) in [4.78, 5) is 6.60. The van der Waals surface area contributed by atoms with Gasteiger partial charge >= 0.3 is 0 Å². The van der Waals surface area contributed by atoms with Crippen LogP contribution in [0.4, 0.5) is 5.69 Å². The minimum Gasteiger partial charge on any atom is -0.378 e. The fourth-order valence-corrected chi connectivity index (χ4v) is 2.05. The first-order valence-electron chi connectivity index (χ1n) is 6.38. The van der Waals surface area contributed by atoms with Crippen molar-refractivity contribution in [2.24, 2.45) is 0 Å². The van der Waals surface area contributed by atoms with E-state index >= 15 is 0 Å². The van der Waals surface area contributed by atoms with Crippen molar-refractivity contribution in [2.45, 2.75) is 19.9 Å². The molecule has 0 saturated carbocycles. The summed E-state index contributed by atoms with van der Waals surface area (Å²) in [5, 5.41) is 3.45. The number of ether oxygens (including phenoxy) is 1. The molecule has 1 fully saturated rings. The second-order valence-electron chi connectivity index (χ2n) is 4.28. The highest BCUT2D eigenvalue weighted by Crippen LogP contribution is 2.19. The molecule has 0 aromatic carbocycles. The largest absolute Gasteiger partial charge is 0.378 e. The van der Waals surface area contributed by atoms with E-state index in [4.69, 9.17) is 4.74 Å². The highest BCUT2D eigenvalue weighted by Gasteiger charge is 2.14. The van der Waals surface area contributed by atoms with E-state index in [1.165, 1.54) is 11.3 Å². The smallest absolute Gasteiger partial charge is 0.0642 e. The standard InChI is InChI=1S/C13H21N3O/c1-2-4-14-10-12-3-5-15-11-13(12)16-6-8-17-9-7-16/h3,5,11,14H,2,4,6-10H2,1H3. The first-order valence-corrected chi connectivity index (χ1v) is 6.38. The van der Waals surface area contributed by atoms with Crippen LogP contribution in [0.15, 0.2) is 18.5 Å². The van der Waals surface area contributed by atoms with Gasteiger partial charge in [-0.2, -0.15) is 0 Å². The summed E-state index contributed by atoms with van der Waals surface area (Å²) in [5.74, 6) is 0. The van der Waals surface area contributed by atoms with Gasteiger partial charge in [0.2, 0.25) is 0 Å². The van der Waals surface area contributed by atoms with E-state index in [-0.39, 0.29) is 0 Å². The summed E-state index contributed by atoms with van der Waals surface area (Å²) in [6.45, 7) is 7.72. The second kappa shape index (κ2) is 6.57. The molecule has 0 aliphatic carbocycles. The Kier molecular flexibility index (Phi) is 4.76. The molecule has 2 rings (SSSR count). The van der Waals surface area contributed by atoms with E-state index in [2.05, 4.69) is 28.2 Å². The predicted octanol–water partition coefficient (Wildman–Crippen LogP) is 1.42. The van der Waals surface area contributed by atoms with Crippen LogP contribution in [0.5, 0.6) is 0 Å². The Labute approximate surface area is 103 Å². The number of nitrogens with zero attached hydrogens (tertiary/aromatic N) is 2. The number of hydrogen-bond donors (Lipinski definition) is 1. The van der Waals surface area contributed by atoms with Crippen molar-refractivity contribution >= 4 is 5.69 Å². The number of nitrogens with one attached hydrogen (secondary N) is 1. The van der Waals surface area contributed by atoms with Gasteiger partial charge in [0.1, 0.15) is 0 Å². The molecule has 0 amide bonds. The monoisotopic (exact) mass is 235 g/mol. The summed E-state index contributed by atoms with van der Waals surface area (Å²) in [6, 6.07) is 2.10. The van der Waals surface area contributed by atoms with E-state index in [0.717, 1.165) is 45.8 Å². The van der Waals surface area contributed by atoms with Gasteiger partial charge in [0.25, 0.3) is 0 Å². The van der Waals surface area contributed by atoms with Crippen molar-refractivity contribution < 1.29 is 4.74 Å². The average molecular weight is 235 g/mol. The predicted molar refractivity (Wildman–Crippen MR) is 69.3 cm³/mol. The van der Waals surface area contributed by atoms with Gasteiger partial charge in [-0.1, -0.05) is 6.92 Å². The number of aromatic nitrogens is 1. The SMILES string of the molecule is CCCNCc1ccncc1N1CCOCC1. The van der Waals surface area contributed by atoms with Crippen molar-refractivity contribution in [3.05, 3.63) is 24.0 Å². The molecule has 1 aliphatic heterocycles. The van der Waals surface area contributed by atoms with Crippen LogP contribution in [0, 0.1) is 0 Å². The molecule has 0 bridgehead atoms. The Balaban J connectivity index is 2.03. The van der Waals surface area contributed by atoms with Crippen LogP contribution < -0.4 is 10.2 Å². The van der Waals surface area contributed by atoms with Crippen molar-refractivity contribution in [3.63, 3.8) is 0 Å². The summed E-state index contributed by atoms with van der Waals surface area (Å²) in [7, 11) is 0. The lowest BCUT2D eigenvalue weighted by Gasteiger charge is -2.30. The Hall–Kier alpha value is -1.13. The van der Waals surface area contributed by atoms with E-state index in [1.807, 2.05) is 12.4 Å². The molecule has 1 saturated heterocycles. The molecule has 1 aromatic heterocycles. The van der Waals surface area contributed by atoms with E-state index in [9.17, 15) is 0 Å². The Morgan fingerprint density at radius 2 is 2.24 bits per heavy atom. The molecule has 17 heavy (non-hydrogen) atoms. The fraction of sp³-hybridized carbons (Fsp3) is 0.615. The molecule has 4 heteroatoms. The quantitative estimate of drug-likeness (QED) is 0.783. The maximum absolute atomic E-state index is 5.38. The zero-order chi connectivity index (χ0) is 11.9. The highest BCUT2D eigenvalue weighted by atomic mass is 16.5. The molecule has 1 aromatic rings. The molecule has 4 nitrogen and oxygen atoms in total. The topological polar surface area (TPSA) is 37.4 Å². The van der Waals surface area contributed by atoms with Gasteiger partial charge in [0.15, 0.2) is 0 Å². The number of morpholine rings is 1. The summed E-state index contributed by atoms with van der Waals surface area (Å²) < 4.78 is 5.38. The third-order valence-electron chi connectivity index (χ3n) is 2.98. The third kappa shape index (κ3) is 3.41. The summed E-state index contributed by atoms with van der Waals surface area (Å²) in [6.07, 6.45) is 5.00. The Morgan fingerprint density at radius 1 is 1.41 bits per heavy atom. The zero-order valence-corrected chi connectivity index (χ0v) is 10.5. The highest BCUT2D eigenvalue weighted by molar-refractivity contribution is 5.51. The molecule has 2 heterocycles. The first-order chi connectivity index (χ1) is 8.42. The summed E-state index contributed by atoms with van der Waals surface area (Å²) in [5.41, 5.74) is 2.58. The number of hydrogen-bond acceptors (Lipinski definition) is 4. The Bertz CT molecular complexity index is 337. The fourth-order valence-electron chi connectivity index (χ4n) is 2.05. The second-order valence-corrected chi connectivity index (χ2v) is 4.28. The number of rotatable bonds is 5. The minimum absolute atomic E-state index is 0.816. The van der Waals surface area contributed by atoms with Crippen molar-refractivity contribution in [1.29, 1.82) is 0 Å². The Morgan fingerprint density at radius 3 is 3.00 bits per heavy atom. The molecular weight excluding hydrogens is 214 g/mol. The molecule has 0 atom stereocenters. The number of anilines is 1. The molecule has 0 spiro atoms. The van der Waals surface area contributed by atoms with Gasteiger partial charge in [-0.25, -0.2) is 0 Å². The number of pyridine rings is 1. The molecule has 1 aliphatic rings. The summed E-state index contributed by atoms with van der Waals surface area (Å²) >= 11 is 0. The van der Waals surface area contributed by atoms with Crippen LogP contribution in [0.2, 0.25) is 0 Å². The molecular formula is C13H21N3O. The van der Waals surface area contributed by atoms with Crippen LogP contribution in [-0.4, -0.2) is 37.8 Å². The van der Waals surface area contributed by atoms with E-state index in [1.54, 1.807) is 0 Å². The van der Waals surface area contributed by atoms with Crippen LogP contribution >= 0.6 is 0 Å². The lowest BCUT2D eigenvalue weighted by molar-refractivity contribution is 0.122. The average Bonchev–Trinajstić information content (AvgIpc) is 2.41. The van der Waals surface area contributed by atoms with Gasteiger partial charge in [-0.05, 0) is 24.6 Å². The normalized spacial score (nSPS) is 16.2. The third-order valence-corrected chi connectivity index (χ3v) is 2.98. The van der Waals surface area contributed by atoms with Gasteiger partial charge in [-0.15, -0.1) is 0 Å². The van der Waals surface area contributed by atoms with Gasteiger partial charge < -0.3 is 15.0 Å². The van der Waals surface area contributed by atoms with Crippen molar-refractivity contribution in [1.82, 2.24) is 10.3 Å². The van der Waals surface area contributed by atoms with Crippen molar-refractivity contribution in [2.75, 3.05) is 37.7 Å². The molecule has 0 unspecified atom stereocenters. The lowest BCUT2D eigenvalue weighted by Crippen LogP contribution is -2.37. The van der Waals surface area contributed by atoms with Gasteiger partial charge in [0.05, 0.1) is 25.1 Å². The van der Waals surface area contributed by atoms with Crippen LogP contribution in [-0.2, 0) is 11.3 Å². The zero-order valence-electron chi connectivity index (χ0n) is 10.5. The van der Waals surface area contributed by atoms with Crippen molar-refractivity contribution in [3.8, 4) is 0 Å². The van der Waals surface area contributed by atoms with E-state index < -0.39 is 0 Å². The minimum atomic E-state index is 0.816. The van der Waals surface area contributed by atoms with Crippen LogP contribution in [0.3, 0.4) is 0 Å². The van der Waals surface area contributed by atoms with Crippen LogP contribution in [0.1, 0.15) is 18.9 Å². The lowest BCUT2D eigenvalue weighted by atomic mass is 10.2. The molecule has 1 N–H and O–H groups in total. The maximum Gasteiger partial charge on any atom is 0.0642 e. The molecule has 94 valence electrons. The van der Waals surface area contributed by atoms with E-state index in [0.29, 0.717) is 0 Å². The first kappa shape index (κ1) is 12.3. The van der Waals surface area contributed by atoms with Crippen LogP contribution in [0.25, 0.3) is 0 Å². The maximum atomic E-state index is 5.38. The van der Waals surface area contributed by atoms with Gasteiger partial charge in [0, 0.05) is 25.8 Å².